The molecule has 1 N–H and O–H groups in total. The van der Waals surface area contributed by atoms with Crippen molar-refractivity contribution in [3.63, 3.8) is 0 Å². The quantitative estimate of drug-likeness (QED) is 0.629. The molecule has 5 rings (SSSR count). The van der Waals surface area contributed by atoms with Crippen LogP contribution in [0.2, 0.25) is 0 Å². The van der Waals surface area contributed by atoms with Gasteiger partial charge in [-0.2, -0.15) is 5.10 Å². The number of aliphatic hydroxyl groups excluding tert-OH is 1. The Labute approximate surface area is 194 Å². The van der Waals surface area contributed by atoms with E-state index in [1.54, 1.807) is 9.58 Å². The minimum Gasteiger partial charge on any atom is -0.491 e. The van der Waals surface area contributed by atoms with Crippen LogP contribution in [0.5, 0.6) is 5.75 Å². The first-order valence-corrected chi connectivity index (χ1v) is 11.5. The molecule has 172 valence electrons. The molecule has 3 heterocycles. The van der Waals surface area contributed by atoms with Gasteiger partial charge in [-0.25, -0.2) is 0 Å². The van der Waals surface area contributed by atoms with Crippen LogP contribution in [0.15, 0.2) is 54.9 Å². The predicted molar refractivity (Wildman–Crippen MR) is 125 cm³/mol. The van der Waals surface area contributed by atoms with Gasteiger partial charge in [-0.05, 0) is 40.8 Å². The first kappa shape index (κ1) is 21.7. The Kier molecular flexibility index (Phi) is 6.15. The van der Waals surface area contributed by atoms with Crippen molar-refractivity contribution in [3.05, 3.63) is 82.7 Å². The van der Waals surface area contributed by atoms with E-state index in [-0.39, 0.29) is 5.91 Å². The number of aliphatic hydroxyl groups is 1. The maximum atomic E-state index is 13.3. The number of ether oxygens (including phenoxy) is 1. The number of carbonyl (C=O) groups excluding carboxylic acids is 1. The molecule has 1 unspecified atom stereocenters. The highest BCUT2D eigenvalue weighted by atomic mass is 16.5. The molecule has 1 atom stereocenters. The van der Waals surface area contributed by atoms with E-state index in [0.717, 1.165) is 30.6 Å². The molecule has 7 nitrogen and oxygen atoms in total. The summed E-state index contributed by atoms with van der Waals surface area (Å²) in [6.07, 6.45) is 4.90. The molecule has 7 heteroatoms. The van der Waals surface area contributed by atoms with Crippen molar-refractivity contribution < 1.29 is 14.6 Å². The van der Waals surface area contributed by atoms with Crippen molar-refractivity contribution >= 4 is 5.91 Å². The molecule has 3 aromatic rings. The second-order valence-electron chi connectivity index (χ2n) is 9.04. The summed E-state index contributed by atoms with van der Waals surface area (Å²) in [5.41, 5.74) is 5.41. The summed E-state index contributed by atoms with van der Waals surface area (Å²) < 4.78 is 7.63. The standard InChI is InChI=1S/C26H30N4O3/c1-28-15-20(14-27-28)12-19-6-7-25-24(13-19)26(32)30(10-11-33-25)18-23(31)17-29-9-8-21-4-2-3-5-22(21)16-29/h2-7,13-15,23,31H,8-12,16-18H2,1H3. The van der Waals surface area contributed by atoms with Crippen LogP contribution >= 0.6 is 0 Å². The molecule has 0 fully saturated rings. The molecule has 2 aromatic carbocycles. The van der Waals surface area contributed by atoms with E-state index < -0.39 is 6.10 Å². The minimum absolute atomic E-state index is 0.0847. The van der Waals surface area contributed by atoms with E-state index >= 15 is 0 Å². The molecular formula is C26H30N4O3. The monoisotopic (exact) mass is 446 g/mol. The van der Waals surface area contributed by atoms with Crippen molar-refractivity contribution in [1.82, 2.24) is 19.6 Å². The first-order valence-electron chi connectivity index (χ1n) is 11.5. The summed E-state index contributed by atoms with van der Waals surface area (Å²) in [4.78, 5) is 17.3. The van der Waals surface area contributed by atoms with Gasteiger partial charge in [-0.3, -0.25) is 14.4 Å². The maximum absolute atomic E-state index is 13.3. The average Bonchev–Trinajstić information content (AvgIpc) is 3.16. The lowest BCUT2D eigenvalue weighted by molar-refractivity contribution is 0.0501. The molecule has 0 spiro atoms. The second-order valence-corrected chi connectivity index (χ2v) is 9.04. The van der Waals surface area contributed by atoms with Gasteiger partial charge in [0.05, 0.1) is 24.4 Å². The van der Waals surface area contributed by atoms with Crippen LogP contribution in [0.3, 0.4) is 0 Å². The van der Waals surface area contributed by atoms with Crippen LogP contribution in [0.25, 0.3) is 0 Å². The molecule has 0 radical (unpaired) electrons. The van der Waals surface area contributed by atoms with Gasteiger partial charge in [0, 0.05) is 45.8 Å². The Balaban J connectivity index is 1.24. The van der Waals surface area contributed by atoms with Gasteiger partial charge in [0.15, 0.2) is 0 Å². The average molecular weight is 447 g/mol. The van der Waals surface area contributed by atoms with Crippen LogP contribution in [0.1, 0.15) is 32.6 Å². The van der Waals surface area contributed by atoms with Gasteiger partial charge in [0.1, 0.15) is 12.4 Å². The van der Waals surface area contributed by atoms with Crippen LogP contribution in [0, 0.1) is 0 Å². The maximum Gasteiger partial charge on any atom is 0.257 e. The Bertz CT molecular complexity index is 1140. The molecule has 0 saturated heterocycles. The number of nitrogens with zero attached hydrogens (tertiary/aromatic N) is 4. The van der Waals surface area contributed by atoms with E-state index in [1.165, 1.54) is 11.1 Å². The molecule has 1 aromatic heterocycles. The number of carbonyl (C=O) groups is 1. The molecule has 2 aliphatic rings. The highest BCUT2D eigenvalue weighted by molar-refractivity contribution is 5.97. The molecule has 0 saturated carbocycles. The van der Waals surface area contributed by atoms with Crippen LogP contribution in [-0.2, 0) is 26.4 Å². The van der Waals surface area contributed by atoms with Crippen molar-refractivity contribution in [1.29, 1.82) is 0 Å². The number of hydrogen-bond donors (Lipinski definition) is 1. The summed E-state index contributed by atoms with van der Waals surface area (Å²) in [6.45, 7) is 3.49. The smallest absolute Gasteiger partial charge is 0.257 e. The number of rotatable bonds is 6. The van der Waals surface area contributed by atoms with Crippen LogP contribution in [-0.4, -0.2) is 69.5 Å². The summed E-state index contributed by atoms with van der Waals surface area (Å²) in [6, 6.07) is 14.3. The summed E-state index contributed by atoms with van der Waals surface area (Å²) in [5, 5.41) is 15.0. The number of benzene rings is 2. The van der Waals surface area contributed by atoms with Crippen LogP contribution in [0.4, 0.5) is 0 Å². The van der Waals surface area contributed by atoms with Gasteiger partial charge in [-0.15, -0.1) is 0 Å². The van der Waals surface area contributed by atoms with Crippen molar-refractivity contribution in [2.24, 2.45) is 7.05 Å². The first-order chi connectivity index (χ1) is 16.0. The molecular weight excluding hydrogens is 416 g/mol. The largest absolute Gasteiger partial charge is 0.491 e. The highest BCUT2D eigenvalue weighted by Crippen LogP contribution is 2.26. The number of fused-ring (bicyclic) bond motifs is 2. The Morgan fingerprint density at radius 2 is 1.94 bits per heavy atom. The minimum atomic E-state index is -0.612. The summed E-state index contributed by atoms with van der Waals surface area (Å²) in [5.74, 6) is 0.526. The zero-order valence-corrected chi connectivity index (χ0v) is 19.0. The van der Waals surface area contributed by atoms with E-state index in [9.17, 15) is 9.90 Å². The molecule has 0 bridgehead atoms. The van der Waals surface area contributed by atoms with E-state index in [0.29, 0.717) is 44.0 Å². The third kappa shape index (κ3) is 4.94. The lowest BCUT2D eigenvalue weighted by Crippen LogP contribution is -2.44. The lowest BCUT2D eigenvalue weighted by Gasteiger charge is -2.32. The number of amides is 1. The number of aryl methyl sites for hydroxylation is 1. The fourth-order valence-corrected chi connectivity index (χ4v) is 4.81. The van der Waals surface area contributed by atoms with Crippen LogP contribution < -0.4 is 4.74 Å². The normalized spacial score (nSPS) is 17.2. The number of aromatic nitrogens is 2. The second kappa shape index (κ2) is 9.37. The molecule has 2 aliphatic heterocycles. The fraction of sp³-hybridized carbons (Fsp3) is 0.385. The van der Waals surface area contributed by atoms with Crippen molar-refractivity contribution in [3.8, 4) is 5.75 Å². The molecule has 33 heavy (non-hydrogen) atoms. The van der Waals surface area contributed by atoms with E-state index in [1.807, 2.05) is 37.6 Å². The highest BCUT2D eigenvalue weighted by Gasteiger charge is 2.27. The van der Waals surface area contributed by atoms with Gasteiger partial charge >= 0.3 is 0 Å². The Hall–Kier alpha value is -3.16. The Morgan fingerprint density at radius 3 is 2.76 bits per heavy atom. The van der Waals surface area contributed by atoms with Crippen molar-refractivity contribution in [2.75, 3.05) is 32.8 Å². The Morgan fingerprint density at radius 1 is 1.09 bits per heavy atom. The zero-order valence-electron chi connectivity index (χ0n) is 19.0. The molecule has 0 aliphatic carbocycles. The van der Waals surface area contributed by atoms with E-state index in [4.69, 9.17) is 4.74 Å². The van der Waals surface area contributed by atoms with Crippen molar-refractivity contribution in [2.45, 2.75) is 25.5 Å². The number of hydrogen-bond acceptors (Lipinski definition) is 5. The third-order valence-corrected chi connectivity index (χ3v) is 6.46. The summed E-state index contributed by atoms with van der Waals surface area (Å²) in [7, 11) is 1.89. The third-order valence-electron chi connectivity index (χ3n) is 6.46. The topological polar surface area (TPSA) is 70.8 Å². The zero-order chi connectivity index (χ0) is 22.8. The summed E-state index contributed by atoms with van der Waals surface area (Å²) >= 11 is 0. The predicted octanol–water partition coefficient (Wildman–Crippen LogP) is 2.26. The SMILES string of the molecule is Cn1cc(Cc2ccc3c(c2)C(=O)N(CC(O)CN2CCc4ccccc4C2)CCO3)cn1. The lowest BCUT2D eigenvalue weighted by atomic mass is 10.00. The van der Waals surface area contributed by atoms with E-state index in [2.05, 4.69) is 34.3 Å². The van der Waals surface area contributed by atoms with Gasteiger partial charge in [-0.1, -0.05) is 30.3 Å². The van der Waals surface area contributed by atoms with Gasteiger partial charge in [0.2, 0.25) is 0 Å². The molecule has 1 amide bonds. The van der Waals surface area contributed by atoms with Gasteiger partial charge in [0.25, 0.3) is 5.91 Å². The van der Waals surface area contributed by atoms with Gasteiger partial charge < -0.3 is 14.7 Å². The number of β-amino-alcohol motifs (C(OH)–C–C–N with tert-alkyl or cyclic N) is 1. The fourth-order valence-electron chi connectivity index (χ4n) is 4.81.